The van der Waals surface area contributed by atoms with E-state index in [9.17, 15) is 0 Å². The van der Waals surface area contributed by atoms with Crippen LogP contribution < -0.4 is 15.6 Å². The second-order valence-corrected chi connectivity index (χ2v) is 7.15. The summed E-state index contributed by atoms with van der Waals surface area (Å²) in [5.41, 5.74) is 2.62. The van der Waals surface area contributed by atoms with E-state index in [0.717, 1.165) is 29.7 Å². The molecule has 1 aromatic heterocycles. The number of benzene rings is 2. The van der Waals surface area contributed by atoms with Crippen molar-refractivity contribution in [3.63, 3.8) is 0 Å². The number of nitriles is 1. The summed E-state index contributed by atoms with van der Waals surface area (Å²) in [6, 6.07) is 18.0. The molecular formula is C23H28N4O2. The highest BCUT2D eigenvalue weighted by Gasteiger charge is 2.11. The number of nitrogens with zero attached hydrogens (tertiary/aromatic N) is 3. The molecule has 1 heterocycles. The van der Waals surface area contributed by atoms with Crippen molar-refractivity contribution in [1.29, 1.82) is 5.26 Å². The molecule has 29 heavy (non-hydrogen) atoms. The maximum atomic E-state index is 9.05. The molecule has 1 fully saturated rings. The molecule has 1 atom stereocenters. The average molecular weight is 393 g/mol. The summed E-state index contributed by atoms with van der Waals surface area (Å²) in [5.74, 6) is 6.83. The van der Waals surface area contributed by atoms with Crippen LogP contribution in [0, 0.1) is 17.2 Å². The molecule has 152 valence electrons. The number of hydrogen-bond donors (Lipinski definition) is 1. The van der Waals surface area contributed by atoms with E-state index < -0.39 is 0 Å². The molecule has 0 aliphatic heterocycles. The summed E-state index contributed by atoms with van der Waals surface area (Å²) in [6.45, 7) is 2.88. The standard InChI is InChI=1S/C20H22N4O2.C3H6/c1-2-15(14-21)13-16-7-9-17(10-8-16)25-12-11-24(22)20-23-18-5-3-4-6-19(18)26-20;1-2-3-1/h3-10,15H,2,11-13,22H2,1H3;1-3H2. The fourth-order valence-corrected chi connectivity index (χ4v) is 2.63. The summed E-state index contributed by atoms with van der Waals surface area (Å²) < 4.78 is 11.3. The van der Waals surface area contributed by atoms with Gasteiger partial charge in [-0.1, -0.05) is 50.5 Å². The van der Waals surface area contributed by atoms with Crippen LogP contribution in [0.1, 0.15) is 38.2 Å². The second kappa shape index (κ2) is 10.5. The van der Waals surface area contributed by atoms with E-state index in [1.165, 1.54) is 24.3 Å². The van der Waals surface area contributed by atoms with Crippen molar-refractivity contribution in [2.45, 2.75) is 39.0 Å². The third-order valence-electron chi connectivity index (χ3n) is 4.56. The van der Waals surface area contributed by atoms with E-state index in [4.69, 9.17) is 20.3 Å². The fraction of sp³-hybridized carbons (Fsp3) is 0.391. The molecule has 6 heteroatoms. The summed E-state index contributed by atoms with van der Waals surface area (Å²) >= 11 is 0. The fourth-order valence-electron chi connectivity index (χ4n) is 2.63. The number of oxazole rings is 1. The minimum atomic E-state index is 0.0591. The number of hydrogen-bond acceptors (Lipinski definition) is 6. The summed E-state index contributed by atoms with van der Waals surface area (Å²) in [7, 11) is 0. The molecule has 0 saturated heterocycles. The molecule has 0 spiro atoms. The Kier molecular flexibility index (Phi) is 7.48. The van der Waals surface area contributed by atoms with Gasteiger partial charge in [0, 0.05) is 0 Å². The zero-order chi connectivity index (χ0) is 20.5. The van der Waals surface area contributed by atoms with Gasteiger partial charge in [-0.15, -0.1) is 0 Å². The Hall–Kier alpha value is -3.04. The van der Waals surface area contributed by atoms with Gasteiger partial charge >= 0.3 is 6.01 Å². The molecular weight excluding hydrogens is 364 g/mol. The summed E-state index contributed by atoms with van der Waals surface area (Å²) in [4.78, 5) is 4.35. The number of rotatable bonds is 8. The minimum absolute atomic E-state index is 0.0591. The highest BCUT2D eigenvalue weighted by molar-refractivity contribution is 5.74. The Labute approximate surface area is 171 Å². The quantitative estimate of drug-likeness (QED) is 0.435. The highest BCUT2D eigenvalue weighted by Crippen LogP contribution is 2.20. The summed E-state index contributed by atoms with van der Waals surface area (Å²) in [6.07, 6.45) is 6.12. The Bertz CT molecular complexity index is 892. The molecule has 6 nitrogen and oxygen atoms in total. The van der Waals surface area contributed by atoms with Crippen molar-refractivity contribution in [2.24, 2.45) is 11.8 Å². The topological polar surface area (TPSA) is 88.3 Å². The average Bonchev–Trinajstić information content (AvgIpc) is 3.58. The SMILES string of the molecule is C1CC1.CCC(C#N)Cc1ccc(OCCN(N)c2nc3ccccc3o2)cc1. The molecule has 0 radical (unpaired) electrons. The Balaban J connectivity index is 0.000000732. The van der Waals surface area contributed by atoms with Crippen LogP contribution in [0.4, 0.5) is 6.01 Å². The Morgan fingerprint density at radius 2 is 1.90 bits per heavy atom. The molecule has 0 bridgehead atoms. The first kappa shape index (κ1) is 20.7. The number of fused-ring (bicyclic) bond motifs is 1. The smallest absolute Gasteiger partial charge is 0.313 e. The van der Waals surface area contributed by atoms with Gasteiger partial charge in [0.2, 0.25) is 0 Å². The minimum Gasteiger partial charge on any atom is -0.492 e. The third-order valence-corrected chi connectivity index (χ3v) is 4.56. The molecule has 0 amide bonds. The predicted molar refractivity (Wildman–Crippen MR) is 114 cm³/mol. The number of aromatic nitrogens is 1. The van der Waals surface area contributed by atoms with Crippen molar-refractivity contribution >= 4 is 17.1 Å². The lowest BCUT2D eigenvalue weighted by atomic mass is 9.98. The normalized spacial score (nSPS) is 13.1. The van der Waals surface area contributed by atoms with Crippen LogP contribution in [0.3, 0.4) is 0 Å². The Morgan fingerprint density at radius 1 is 1.17 bits per heavy atom. The van der Waals surface area contributed by atoms with Crippen LogP contribution in [0.15, 0.2) is 52.9 Å². The summed E-state index contributed by atoms with van der Waals surface area (Å²) in [5, 5.41) is 10.5. The van der Waals surface area contributed by atoms with Crippen molar-refractivity contribution in [2.75, 3.05) is 18.2 Å². The first-order chi connectivity index (χ1) is 14.2. The zero-order valence-electron chi connectivity index (χ0n) is 16.9. The van der Waals surface area contributed by atoms with E-state index in [2.05, 4.69) is 11.1 Å². The second-order valence-electron chi connectivity index (χ2n) is 7.15. The molecule has 2 N–H and O–H groups in total. The van der Waals surface area contributed by atoms with Gasteiger partial charge in [0.05, 0.1) is 18.5 Å². The van der Waals surface area contributed by atoms with Crippen molar-refractivity contribution in [3.05, 3.63) is 54.1 Å². The van der Waals surface area contributed by atoms with E-state index in [1.54, 1.807) is 0 Å². The van der Waals surface area contributed by atoms with Crippen LogP contribution >= 0.6 is 0 Å². The molecule has 2 aromatic carbocycles. The van der Waals surface area contributed by atoms with Gasteiger partial charge in [0.15, 0.2) is 5.58 Å². The van der Waals surface area contributed by atoms with E-state index in [1.807, 2.05) is 55.5 Å². The largest absolute Gasteiger partial charge is 0.492 e. The number of anilines is 1. The van der Waals surface area contributed by atoms with Crippen LogP contribution in [-0.2, 0) is 6.42 Å². The maximum Gasteiger partial charge on any atom is 0.313 e. The first-order valence-corrected chi connectivity index (χ1v) is 10.2. The van der Waals surface area contributed by atoms with Gasteiger partial charge in [-0.2, -0.15) is 10.2 Å². The maximum absolute atomic E-state index is 9.05. The zero-order valence-corrected chi connectivity index (χ0v) is 16.9. The highest BCUT2D eigenvalue weighted by atomic mass is 16.5. The third kappa shape index (κ3) is 6.51. The van der Waals surface area contributed by atoms with Crippen LogP contribution in [0.2, 0.25) is 0 Å². The molecule has 3 aromatic rings. The monoisotopic (exact) mass is 392 g/mol. The number of hydrazine groups is 1. The van der Waals surface area contributed by atoms with E-state index in [0.29, 0.717) is 24.7 Å². The van der Waals surface area contributed by atoms with Crippen LogP contribution in [-0.4, -0.2) is 18.1 Å². The molecule has 1 unspecified atom stereocenters. The number of ether oxygens (including phenoxy) is 1. The van der Waals surface area contributed by atoms with E-state index in [-0.39, 0.29) is 5.92 Å². The van der Waals surface area contributed by atoms with Gasteiger partial charge in [-0.05, 0) is 42.7 Å². The lowest BCUT2D eigenvalue weighted by Crippen LogP contribution is -2.35. The van der Waals surface area contributed by atoms with Gasteiger partial charge < -0.3 is 9.15 Å². The lowest BCUT2D eigenvalue weighted by Gasteiger charge is -2.14. The number of nitrogens with two attached hydrogens (primary N) is 1. The van der Waals surface area contributed by atoms with Crippen LogP contribution in [0.5, 0.6) is 5.75 Å². The Morgan fingerprint density at radius 3 is 2.52 bits per heavy atom. The first-order valence-electron chi connectivity index (χ1n) is 10.2. The molecule has 4 rings (SSSR count). The van der Waals surface area contributed by atoms with Crippen molar-refractivity contribution < 1.29 is 9.15 Å². The molecule has 1 aliphatic rings. The predicted octanol–water partition coefficient (Wildman–Crippen LogP) is 4.85. The van der Waals surface area contributed by atoms with E-state index >= 15 is 0 Å². The number of para-hydroxylation sites is 2. The lowest BCUT2D eigenvalue weighted by molar-refractivity contribution is 0.321. The van der Waals surface area contributed by atoms with Crippen LogP contribution in [0.25, 0.3) is 11.1 Å². The van der Waals surface area contributed by atoms with Crippen molar-refractivity contribution in [1.82, 2.24) is 4.98 Å². The van der Waals surface area contributed by atoms with Gasteiger partial charge in [-0.3, -0.25) is 5.01 Å². The van der Waals surface area contributed by atoms with Gasteiger partial charge in [0.25, 0.3) is 0 Å². The van der Waals surface area contributed by atoms with Gasteiger partial charge in [-0.25, -0.2) is 5.84 Å². The van der Waals surface area contributed by atoms with Crippen molar-refractivity contribution in [3.8, 4) is 11.8 Å². The molecule has 1 aliphatic carbocycles. The molecule has 1 saturated carbocycles. The van der Waals surface area contributed by atoms with Gasteiger partial charge in [0.1, 0.15) is 17.9 Å².